The molecule has 110 valence electrons. The van der Waals surface area contributed by atoms with Crippen LogP contribution in [0.25, 0.3) is 0 Å². The molecule has 0 saturated heterocycles. The number of carbonyl (C=O) groups excluding carboxylic acids is 1. The summed E-state index contributed by atoms with van der Waals surface area (Å²) in [5, 5.41) is 9.22. The second kappa shape index (κ2) is 7.52. The molecule has 0 radical (unpaired) electrons. The summed E-state index contributed by atoms with van der Waals surface area (Å²) >= 11 is 0. The van der Waals surface area contributed by atoms with E-state index >= 15 is 0 Å². The first-order chi connectivity index (χ1) is 8.61. The molecule has 0 aliphatic carbocycles. The molecule has 0 aromatic heterocycles. The normalized spacial score (nSPS) is 13.8. The van der Waals surface area contributed by atoms with Crippen LogP contribution in [0.4, 0.5) is 0 Å². The minimum atomic E-state index is -0.800. The molecule has 5 N–H and O–H groups in total. The molecular formula is C10H21N5O4. The van der Waals surface area contributed by atoms with Crippen LogP contribution in [-0.4, -0.2) is 35.1 Å². The highest BCUT2D eigenvalue weighted by Gasteiger charge is 2.21. The van der Waals surface area contributed by atoms with Gasteiger partial charge in [-0.3, -0.25) is 4.79 Å². The Bertz CT molecular complexity index is 350. The van der Waals surface area contributed by atoms with E-state index in [9.17, 15) is 14.9 Å². The van der Waals surface area contributed by atoms with Crippen molar-refractivity contribution in [3.05, 3.63) is 10.1 Å². The van der Waals surface area contributed by atoms with Crippen molar-refractivity contribution in [2.45, 2.75) is 45.3 Å². The molecule has 0 amide bonds. The number of guanidine groups is 1. The first-order valence-electron chi connectivity index (χ1n) is 5.81. The third kappa shape index (κ3) is 9.77. The predicted octanol–water partition coefficient (Wildman–Crippen LogP) is -0.468. The lowest BCUT2D eigenvalue weighted by Crippen LogP contribution is -2.37. The summed E-state index contributed by atoms with van der Waals surface area (Å²) in [6.45, 7) is 5.51. The van der Waals surface area contributed by atoms with Gasteiger partial charge in [-0.25, -0.2) is 15.1 Å². The maximum atomic E-state index is 11.5. The van der Waals surface area contributed by atoms with Crippen molar-refractivity contribution >= 4 is 11.9 Å². The fourth-order valence-electron chi connectivity index (χ4n) is 1.13. The second-order valence-electron chi connectivity index (χ2n) is 4.92. The molecule has 0 rings (SSSR count). The van der Waals surface area contributed by atoms with Crippen LogP contribution in [0.5, 0.6) is 0 Å². The number of hydrogen-bond acceptors (Lipinski definition) is 6. The van der Waals surface area contributed by atoms with Crippen molar-refractivity contribution in [2.24, 2.45) is 16.5 Å². The van der Waals surface area contributed by atoms with Crippen LogP contribution in [0, 0.1) is 10.1 Å². The molecule has 0 fully saturated rings. The van der Waals surface area contributed by atoms with Crippen molar-refractivity contribution in [2.75, 3.05) is 6.54 Å². The summed E-state index contributed by atoms with van der Waals surface area (Å²) < 4.78 is 5.10. The number of nitro groups is 1. The summed E-state index contributed by atoms with van der Waals surface area (Å²) in [6.07, 6.45) is 0.838. The zero-order valence-electron chi connectivity index (χ0n) is 11.4. The monoisotopic (exact) mass is 275 g/mol. The Balaban J connectivity index is 3.95. The van der Waals surface area contributed by atoms with Crippen LogP contribution in [0.2, 0.25) is 0 Å². The van der Waals surface area contributed by atoms with Crippen molar-refractivity contribution in [3.63, 3.8) is 0 Å². The van der Waals surface area contributed by atoms with E-state index in [4.69, 9.17) is 16.2 Å². The van der Waals surface area contributed by atoms with Crippen LogP contribution in [-0.2, 0) is 9.53 Å². The maximum Gasteiger partial charge on any atom is 0.323 e. The number of rotatable bonds is 6. The lowest BCUT2D eigenvalue weighted by molar-refractivity contribution is -0.525. The standard InChI is InChI=1S/C10H21N5O4/c1-10(2,3)19-8(16)7(11)5-4-6-13-9(12)14-15(17)18/h7H,4-6,11H2,1-3H3,(H3,12,13,14)/t7-/m1/s1. The number of nitrogens with zero attached hydrogens (tertiary/aromatic N) is 2. The van der Waals surface area contributed by atoms with Gasteiger partial charge >= 0.3 is 5.97 Å². The Hall–Kier alpha value is -1.90. The molecule has 1 atom stereocenters. The molecule has 0 aliphatic heterocycles. The number of nitrogens with two attached hydrogens (primary N) is 2. The van der Waals surface area contributed by atoms with Gasteiger partial charge in [0.25, 0.3) is 5.96 Å². The fraction of sp³-hybridized carbons (Fsp3) is 0.800. The van der Waals surface area contributed by atoms with E-state index in [1.54, 1.807) is 26.2 Å². The number of hydrogen-bond donors (Lipinski definition) is 3. The van der Waals surface area contributed by atoms with Gasteiger partial charge in [0.1, 0.15) is 11.6 Å². The van der Waals surface area contributed by atoms with E-state index in [0.717, 1.165) is 0 Å². The molecule has 0 saturated carbocycles. The average molecular weight is 275 g/mol. The van der Waals surface area contributed by atoms with Gasteiger partial charge in [0.05, 0.1) is 0 Å². The Kier molecular flexibility index (Phi) is 6.76. The summed E-state index contributed by atoms with van der Waals surface area (Å²) in [7, 11) is 0. The number of hydrazine groups is 1. The Morgan fingerprint density at radius 3 is 2.58 bits per heavy atom. The van der Waals surface area contributed by atoms with Gasteiger partial charge < -0.3 is 16.2 Å². The van der Waals surface area contributed by atoms with Crippen molar-refractivity contribution in [1.82, 2.24) is 5.43 Å². The molecule has 0 unspecified atom stereocenters. The van der Waals surface area contributed by atoms with Crippen LogP contribution in [0.1, 0.15) is 33.6 Å². The molecule has 0 bridgehead atoms. The number of carbonyl (C=O) groups is 1. The number of esters is 1. The maximum absolute atomic E-state index is 11.5. The summed E-state index contributed by atoms with van der Waals surface area (Å²) in [5.41, 5.74) is 12.0. The smallest absolute Gasteiger partial charge is 0.323 e. The highest BCUT2D eigenvalue weighted by atomic mass is 16.7. The first kappa shape index (κ1) is 17.1. The van der Waals surface area contributed by atoms with Gasteiger partial charge in [-0.05, 0) is 33.6 Å². The number of nitrogens with one attached hydrogen (secondary N) is 1. The Morgan fingerprint density at radius 2 is 2.11 bits per heavy atom. The lowest BCUT2D eigenvalue weighted by atomic mass is 10.1. The van der Waals surface area contributed by atoms with Gasteiger partial charge in [-0.15, -0.1) is 0 Å². The molecule has 0 aliphatic rings. The van der Waals surface area contributed by atoms with Gasteiger partial charge in [0.2, 0.25) is 0 Å². The zero-order valence-corrected chi connectivity index (χ0v) is 11.4. The Labute approximate surface area is 111 Å². The fourth-order valence-corrected chi connectivity index (χ4v) is 1.13. The van der Waals surface area contributed by atoms with Crippen molar-refractivity contribution < 1.29 is 14.6 Å². The first-order valence-corrected chi connectivity index (χ1v) is 5.81. The van der Waals surface area contributed by atoms with Crippen molar-refractivity contribution in [1.29, 1.82) is 0 Å². The third-order valence-corrected chi connectivity index (χ3v) is 1.87. The molecule has 0 aromatic carbocycles. The highest BCUT2D eigenvalue weighted by molar-refractivity contribution is 5.76. The molecule has 9 heteroatoms. The van der Waals surface area contributed by atoms with Gasteiger partial charge in [-0.2, -0.15) is 0 Å². The predicted molar refractivity (Wildman–Crippen MR) is 69.7 cm³/mol. The SMILES string of the molecule is CC(C)(C)OC(=O)[C@H](N)CCCN=C(N)N[N+](=O)[O-]. The van der Waals surface area contributed by atoms with E-state index < -0.39 is 22.6 Å². The van der Waals surface area contributed by atoms with Crippen LogP contribution >= 0.6 is 0 Å². The molecule has 0 heterocycles. The third-order valence-electron chi connectivity index (χ3n) is 1.87. The lowest BCUT2D eigenvalue weighted by Gasteiger charge is -2.22. The molecule has 9 nitrogen and oxygen atoms in total. The van der Waals surface area contributed by atoms with E-state index in [-0.39, 0.29) is 12.5 Å². The summed E-state index contributed by atoms with van der Waals surface area (Å²) in [4.78, 5) is 25.3. The largest absolute Gasteiger partial charge is 0.459 e. The van der Waals surface area contributed by atoms with E-state index in [2.05, 4.69) is 4.99 Å². The van der Waals surface area contributed by atoms with E-state index in [0.29, 0.717) is 12.8 Å². The van der Waals surface area contributed by atoms with E-state index in [1.165, 1.54) is 0 Å². The minimum absolute atomic E-state index is 0.239. The quantitative estimate of drug-likeness (QED) is 0.148. The van der Waals surface area contributed by atoms with Crippen molar-refractivity contribution in [3.8, 4) is 0 Å². The number of aliphatic imine (C=N–C) groups is 1. The topological polar surface area (TPSA) is 146 Å². The van der Waals surface area contributed by atoms with Crippen LogP contribution < -0.4 is 16.9 Å². The van der Waals surface area contributed by atoms with Crippen LogP contribution in [0.15, 0.2) is 4.99 Å². The Morgan fingerprint density at radius 1 is 1.53 bits per heavy atom. The summed E-state index contributed by atoms with van der Waals surface area (Å²) in [6, 6.07) is -0.737. The van der Waals surface area contributed by atoms with Gasteiger partial charge in [0, 0.05) is 6.54 Å². The zero-order chi connectivity index (χ0) is 15.1. The highest BCUT2D eigenvalue weighted by Crippen LogP contribution is 2.09. The second-order valence-corrected chi connectivity index (χ2v) is 4.92. The minimum Gasteiger partial charge on any atom is -0.459 e. The average Bonchev–Trinajstić information content (AvgIpc) is 2.20. The molecular weight excluding hydrogens is 254 g/mol. The van der Waals surface area contributed by atoms with Gasteiger partial charge in [-0.1, -0.05) is 5.43 Å². The molecule has 0 aromatic rings. The van der Waals surface area contributed by atoms with Gasteiger partial charge in [0.15, 0.2) is 5.03 Å². The molecule has 19 heavy (non-hydrogen) atoms. The van der Waals surface area contributed by atoms with Crippen LogP contribution in [0.3, 0.4) is 0 Å². The number of ether oxygens (including phenoxy) is 1. The molecule has 0 spiro atoms. The van der Waals surface area contributed by atoms with E-state index in [1.807, 2.05) is 0 Å². The summed E-state index contributed by atoms with van der Waals surface area (Å²) in [5.74, 6) is -0.760.